The van der Waals surface area contributed by atoms with Crippen molar-refractivity contribution in [2.45, 2.75) is 37.8 Å². The predicted molar refractivity (Wildman–Crippen MR) is 83.5 cm³/mol. The van der Waals surface area contributed by atoms with E-state index in [9.17, 15) is 14.7 Å². The lowest BCUT2D eigenvalue weighted by Crippen LogP contribution is -2.52. The summed E-state index contributed by atoms with van der Waals surface area (Å²) in [5.41, 5.74) is 0.743. The fraction of sp³-hybridized carbons (Fsp3) is 0.533. The molecule has 0 unspecified atom stereocenters. The third-order valence-corrected chi connectivity index (χ3v) is 5.77. The maximum Gasteiger partial charge on any atom is 0.408 e. The van der Waals surface area contributed by atoms with E-state index in [1.54, 1.807) is 18.1 Å². The SMILES string of the molecule is Cc1c(Br)ccnc1[C@@H]1CC[C@]2(CCN(C)C2=O)N1C(=O)O. The first kappa shape index (κ1) is 15.3. The first-order valence-electron chi connectivity index (χ1n) is 7.27. The topological polar surface area (TPSA) is 73.7 Å². The Hall–Kier alpha value is -1.63. The van der Waals surface area contributed by atoms with Gasteiger partial charge in [0.05, 0.1) is 11.7 Å². The maximum atomic E-state index is 12.6. The molecule has 2 saturated heterocycles. The fourth-order valence-electron chi connectivity index (χ4n) is 3.73. The fourth-order valence-corrected chi connectivity index (χ4v) is 4.06. The van der Waals surface area contributed by atoms with Gasteiger partial charge in [0.2, 0.25) is 5.91 Å². The molecule has 2 amide bonds. The maximum absolute atomic E-state index is 12.6. The zero-order chi connectivity index (χ0) is 16.1. The molecule has 2 aliphatic heterocycles. The van der Waals surface area contributed by atoms with Gasteiger partial charge in [0.1, 0.15) is 5.54 Å². The molecule has 2 atom stereocenters. The van der Waals surface area contributed by atoms with Crippen LogP contribution in [0.25, 0.3) is 0 Å². The molecule has 118 valence electrons. The summed E-state index contributed by atoms with van der Waals surface area (Å²) < 4.78 is 0.902. The van der Waals surface area contributed by atoms with Crippen LogP contribution in [-0.4, -0.2) is 51.0 Å². The highest BCUT2D eigenvalue weighted by Crippen LogP contribution is 2.48. The van der Waals surface area contributed by atoms with Crippen molar-refractivity contribution in [2.75, 3.05) is 13.6 Å². The van der Waals surface area contributed by atoms with E-state index in [0.29, 0.717) is 25.8 Å². The van der Waals surface area contributed by atoms with E-state index >= 15 is 0 Å². The number of carbonyl (C=O) groups is 2. The standard InChI is InChI=1S/C15H18BrN3O3/c1-9-10(16)4-7-17-12(9)11-3-5-15(19(11)14(21)22)6-8-18(2)13(15)20/h4,7,11H,3,5-6,8H2,1-2H3,(H,21,22)/t11-,15+/m0/s1. The Morgan fingerprint density at radius 2 is 2.23 bits per heavy atom. The van der Waals surface area contributed by atoms with Crippen molar-refractivity contribution in [1.29, 1.82) is 0 Å². The normalized spacial score (nSPS) is 28.0. The Balaban J connectivity index is 2.06. The summed E-state index contributed by atoms with van der Waals surface area (Å²) in [7, 11) is 1.73. The van der Waals surface area contributed by atoms with Crippen LogP contribution in [0.3, 0.4) is 0 Å². The number of hydrogen-bond acceptors (Lipinski definition) is 3. The third-order valence-electron chi connectivity index (χ3n) is 4.91. The number of amides is 2. The minimum atomic E-state index is -1.05. The van der Waals surface area contributed by atoms with Crippen molar-refractivity contribution in [3.63, 3.8) is 0 Å². The van der Waals surface area contributed by atoms with Gasteiger partial charge in [-0.25, -0.2) is 4.79 Å². The quantitative estimate of drug-likeness (QED) is 0.827. The van der Waals surface area contributed by atoms with E-state index in [1.165, 1.54) is 4.90 Å². The molecule has 3 heterocycles. The zero-order valence-electron chi connectivity index (χ0n) is 12.5. The molecule has 1 aromatic rings. The second-order valence-electron chi connectivity index (χ2n) is 6.02. The van der Waals surface area contributed by atoms with E-state index < -0.39 is 11.6 Å². The lowest BCUT2D eigenvalue weighted by molar-refractivity contribution is -0.135. The highest BCUT2D eigenvalue weighted by Gasteiger charge is 2.58. The number of likely N-dealkylation sites (tertiary alicyclic amines) is 2. The van der Waals surface area contributed by atoms with Gasteiger partial charge >= 0.3 is 6.09 Å². The summed E-state index contributed by atoms with van der Waals surface area (Å²) in [4.78, 5) is 31.8. The van der Waals surface area contributed by atoms with Gasteiger partial charge in [-0.05, 0) is 37.8 Å². The molecule has 0 bridgehead atoms. The molecule has 7 heteroatoms. The van der Waals surface area contributed by atoms with Crippen LogP contribution in [0, 0.1) is 6.92 Å². The van der Waals surface area contributed by atoms with Crippen LogP contribution in [0.15, 0.2) is 16.7 Å². The molecule has 3 rings (SSSR count). The molecule has 1 spiro atoms. The first-order valence-corrected chi connectivity index (χ1v) is 8.06. The summed E-state index contributed by atoms with van der Waals surface area (Å²) in [6.45, 7) is 2.51. The van der Waals surface area contributed by atoms with Crippen LogP contribution in [0.4, 0.5) is 4.79 Å². The molecule has 1 N–H and O–H groups in total. The summed E-state index contributed by atoms with van der Waals surface area (Å²) in [5, 5.41) is 9.75. The number of rotatable bonds is 1. The van der Waals surface area contributed by atoms with E-state index in [4.69, 9.17) is 0 Å². The number of carboxylic acid groups (broad SMARTS) is 1. The van der Waals surface area contributed by atoms with Gasteiger partial charge in [-0.1, -0.05) is 15.9 Å². The number of hydrogen-bond donors (Lipinski definition) is 1. The minimum absolute atomic E-state index is 0.0925. The molecule has 0 radical (unpaired) electrons. The molecule has 6 nitrogen and oxygen atoms in total. The Morgan fingerprint density at radius 3 is 2.82 bits per heavy atom. The van der Waals surface area contributed by atoms with Crippen molar-refractivity contribution >= 4 is 27.9 Å². The summed E-state index contributed by atoms with van der Waals surface area (Å²) in [6, 6.07) is 1.47. The highest BCUT2D eigenvalue weighted by atomic mass is 79.9. The lowest BCUT2D eigenvalue weighted by atomic mass is 9.94. The van der Waals surface area contributed by atoms with Crippen molar-refractivity contribution < 1.29 is 14.7 Å². The smallest absolute Gasteiger partial charge is 0.408 e. The average molecular weight is 368 g/mol. The molecule has 1 aromatic heterocycles. The number of halogens is 1. The number of pyridine rings is 1. The zero-order valence-corrected chi connectivity index (χ0v) is 14.1. The Bertz CT molecular complexity index is 651. The molecular formula is C15H18BrN3O3. The predicted octanol–water partition coefficient (Wildman–Crippen LogP) is 2.57. The number of nitrogens with zero attached hydrogens (tertiary/aromatic N) is 3. The summed E-state index contributed by atoms with van der Waals surface area (Å²) in [6.07, 6.45) is 2.35. The number of likely N-dealkylation sites (N-methyl/N-ethyl adjacent to an activating group) is 1. The van der Waals surface area contributed by atoms with Crippen LogP contribution in [0.1, 0.15) is 36.6 Å². The van der Waals surface area contributed by atoms with Gasteiger partial charge < -0.3 is 10.0 Å². The van der Waals surface area contributed by atoms with Gasteiger partial charge in [-0.15, -0.1) is 0 Å². The van der Waals surface area contributed by atoms with Crippen LogP contribution in [-0.2, 0) is 4.79 Å². The molecular weight excluding hydrogens is 350 g/mol. The van der Waals surface area contributed by atoms with E-state index in [0.717, 1.165) is 15.7 Å². The Kier molecular flexibility index (Phi) is 3.63. The first-order chi connectivity index (χ1) is 10.4. The van der Waals surface area contributed by atoms with Crippen molar-refractivity contribution in [1.82, 2.24) is 14.8 Å². The van der Waals surface area contributed by atoms with E-state index in [2.05, 4.69) is 20.9 Å². The second-order valence-corrected chi connectivity index (χ2v) is 6.87. The Morgan fingerprint density at radius 1 is 1.50 bits per heavy atom. The molecule has 0 saturated carbocycles. The van der Waals surface area contributed by atoms with Crippen molar-refractivity contribution in [3.8, 4) is 0 Å². The van der Waals surface area contributed by atoms with Crippen LogP contribution in [0.5, 0.6) is 0 Å². The Labute approximate surface area is 137 Å². The minimum Gasteiger partial charge on any atom is -0.465 e. The monoisotopic (exact) mass is 367 g/mol. The number of carbonyl (C=O) groups excluding carboxylic acids is 1. The third kappa shape index (κ3) is 2.02. The van der Waals surface area contributed by atoms with Crippen molar-refractivity contribution in [2.24, 2.45) is 0 Å². The molecule has 22 heavy (non-hydrogen) atoms. The second kappa shape index (κ2) is 5.22. The van der Waals surface area contributed by atoms with Gasteiger partial charge in [-0.2, -0.15) is 0 Å². The molecule has 2 aliphatic rings. The summed E-state index contributed by atoms with van der Waals surface area (Å²) >= 11 is 3.47. The summed E-state index contributed by atoms with van der Waals surface area (Å²) in [5.74, 6) is -0.0925. The van der Waals surface area contributed by atoms with Gasteiger partial charge in [-0.3, -0.25) is 14.7 Å². The van der Waals surface area contributed by atoms with Gasteiger partial charge in [0.25, 0.3) is 0 Å². The van der Waals surface area contributed by atoms with Gasteiger partial charge in [0.15, 0.2) is 0 Å². The van der Waals surface area contributed by atoms with Crippen molar-refractivity contribution in [3.05, 3.63) is 28.0 Å². The number of aromatic nitrogens is 1. The average Bonchev–Trinajstić information content (AvgIpc) is 2.99. The lowest BCUT2D eigenvalue weighted by Gasteiger charge is -2.34. The largest absolute Gasteiger partial charge is 0.465 e. The highest BCUT2D eigenvalue weighted by molar-refractivity contribution is 9.10. The van der Waals surface area contributed by atoms with E-state index in [-0.39, 0.29) is 11.9 Å². The van der Waals surface area contributed by atoms with Gasteiger partial charge in [0, 0.05) is 24.3 Å². The molecule has 0 aliphatic carbocycles. The molecule has 2 fully saturated rings. The van der Waals surface area contributed by atoms with Crippen LogP contribution < -0.4 is 0 Å². The van der Waals surface area contributed by atoms with E-state index in [1.807, 2.05) is 13.0 Å². The molecule has 0 aromatic carbocycles. The van der Waals surface area contributed by atoms with Crippen LogP contribution in [0.2, 0.25) is 0 Å². The van der Waals surface area contributed by atoms with Crippen LogP contribution >= 0.6 is 15.9 Å².